The number of likely N-dealkylation sites (tertiary alicyclic amines) is 1. The van der Waals surface area contributed by atoms with E-state index in [1.807, 2.05) is 6.07 Å². The number of nitrogens with one attached hydrogen (secondary N) is 1. The predicted molar refractivity (Wildman–Crippen MR) is 103 cm³/mol. The number of rotatable bonds is 5. The summed E-state index contributed by atoms with van der Waals surface area (Å²) < 4.78 is 27.4. The van der Waals surface area contributed by atoms with Gasteiger partial charge in [0, 0.05) is 29.9 Å². The Bertz CT molecular complexity index is 901. The lowest BCUT2D eigenvalue weighted by Crippen LogP contribution is -2.40. The van der Waals surface area contributed by atoms with Crippen LogP contribution in [-0.4, -0.2) is 29.8 Å². The molecule has 0 spiro atoms. The predicted octanol–water partition coefficient (Wildman–Crippen LogP) is 3.22. The van der Waals surface area contributed by atoms with E-state index in [0.717, 1.165) is 24.6 Å². The lowest BCUT2D eigenvalue weighted by atomic mass is 9.96. The molecule has 28 heavy (non-hydrogen) atoms. The summed E-state index contributed by atoms with van der Waals surface area (Å²) in [5.74, 6) is -2.14. The number of primary amides is 1. The van der Waals surface area contributed by atoms with E-state index in [1.54, 1.807) is 6.07 Å². The van der Waals surface area contributed by atoms with Gasteiger partial charge in [-0.2, -0.15) is 0 Å². The number of nitrogens with two attached hydrogens (primary N) is 1. The standard InChI is InChI=1S/C21H23F2N3O2/c1-13-18(23)9-16(20(24)27)10-19(13)25-21(28)15-5-3-7-26(12-15)11-14-4-2-6-17(22)8-14/h2,4,6,8-10,15H,3,5,7,11-12H2,1H3,(H2,24,27)(H,25,28)/t15-/m0/s1. The largest absolute Gasteiger partial charge is 0.366 e. The molecule has 1 saturated heterocycles. The second-order valence-electron chi connectivity index (χ2n) is 7.19. The summed E-state index contributed by atoms with van der Waals surface area (Å²) in [6.07, 6.45) is 1.55. The Balaban J connectivity index is 1.68. The van der Waals surface area contributed by atoms with Crippen molar-refractivity contribution in [3.63, 3.8) is 0 Å². The third-order valence-electron chi connectivity index (χ3n) is 5.06. The highest BCUT2D eigenvalue weighted by atomic mass is 19.1. The summed E-state index contributed by atoms with van der Waals surface area (Å²) in [7, 11) is 0. The maximum Gasteiger partial charge on any atom is 0.248 e. The molecule has 0 unspecified atom stereocenters. The molecule has 3 N–H and O–H groups in total. The van der Waals surface area contributed by atoms with E-state index < -0.39 is 11.7 Å². The molecule has 1 aliphatic rings. The zero-order chi connectivity index (χ0) is 20.3. The second kappa shape index (κ2) is 8.48. The highest BCUT2D eigenvalue weighted by Gasteiger charge is 2.26. The van der Waals surface area contributed by atoms with Gasteiger partial charge in [-0.25, -0.2) is 8.78 Å². The van der Waals surface area contributed by atoms with Crippen molar-refractivity contribution in [3.05, 3.63) is 64.7 Å². The van der Waals surface area contributed by atoms with Crippen LogP contribution in [0.4, 0.5) is 14.5 Å². The summed E-state index contributed by atoms with van der Waals surface area (Å²) in [4.78, 5) is 26.2. The minimum Gasteiger partial charge on any atom is -0.366 e. The number of anilines is 1. The Morgan fingerprint density at radius 3 is 2.75 bits per heavy atom. The average Bonchev–Trinajstić information content (AvgIpc) is 2.65. The Hall–Kier alpha value is -2.80. The maximum atomic E-state index is 14.0. The normalized spacial score (nSPS) is 17.3. The third kappa shape index (κ3) is 4.72. The molecule has 7 heteroatoms. The van der Waals surface area contributed by atoms with Gasteiger partial charge in [-0.15, -0.1) is 0 Å². The van der Waals surface area contributed by atoms with Gasteiger partial charge in [0.05, 0.1) is 5.92 Å². The van der Waals surface area contributed by atoms with E-state index in [2.05, 4.69) is 10.2 Å². The molecule has 0 saturated carbocycles. The minimum absolute atomic E-state index is 0.00905. The van der Waals surface area contributed by atoms with Crippen LogP contribution < -0.4 is 11.1 Å². The SMILES string of the molecule is Cc1c(F)cc(C(N)=O)cc1NC(=O)[C@H]1CCCN(Cc2cccc(F)c2)C1. The zero-order valence-corrected chi connectivity index (χ0v) is 15.7. The van der Waals surface area contributed by atoms with E-state index >= 15 is 0 Å². The molecule has 2 aromatic carbocycles. The number of carbonyl (C=O) groups excluding carboxylic acids is 2. The second-order valence-corrected chi connectivity index (χ2v) is 7.19. The Kier molecular flexibility index (Phi) is 6.04. The van der Waals surface area contributed by atoms with E-state index in [-0.39, 0.29) is 34.5 Å². The number of piperidine rings is 1. The summed E-state index contributed by atoms with van der Waals surface area (Å²) in [5, 5.41) is 2.74. The van der Waals surface area contributed by atoms with Crippen molar-refractivity contribution in [2.45, 2.75) is 26.3 Å². The van der Waals surface area contributed by atoms with Crippen LogP contribution in [0.25, 0.3) is 0 Å². The maximum absolute atomic E-state index is 14.0. The fourth-order valence-corrected chi connectivity index (χ4v) is 3.49. The fraction of sp³-hybridized carbons (Fsp3) is 0.333. The van der Waals surface area contributed by atoms with E-state index in [0.29, 0.717) is 19.5 Å². The first-order valence-corrected chi connectivity index (χ1v) is 9.21. The van der Waals surface area contributed by atoms with Crippen LogP contribution in [0.5, 0.6) is 0 Å². The molecule has 1 heterocycles. The van der Waals surface area contributed by atoms with Gasteiger partial charge in [0.2, 0.25) is 11.8 Å². The van der Waals surface area contributed by atoms with E-state index in [1.165, 1.54) is 25.1 Å². The van der Waals surface area contributed by atoms with Crippen LogP contribution in [0, 0.1) is 24.5 Å². The molecular formula is C21H23F2N3O2. The first-order valence-electron chi connectivity index (χ1n) is 9.21. The first-order chi connectivity index (χ1) is 13.3. The number of halogens is 2. The molecule has 1 atom stereocenters. The van der Waals surface area contributed by atoms with Gasteiger partial charge in [-0.1, -0.05) is 12.1 Å². The van der Waals surface area contributed by atoms with Crippen molar-refractivity contribution in [3.8, 4) is 0 Å². The summed E-state index contributed by atoms with van der Waals surface area (Å²) in [6.45, 7) is 3.45. The highest BCUT2D eigenvalue weighted by molar-refractivity contribution is 5.97. The number of amides is 2. The van der Waals surface area contributed by atoms with Crippen molar-refractivity contribution >= 4 is 17.5 Å². The molecule has 5 nitrogen and oxygen atoms in total. The van der Waals surface area contributed by atoms with Crippen LogP contribution in [0.2, 0.25) is 0 Å². The average molecular weight is 387 g/mol. The summed E-state index contributed by atoms with van der Waals surface area (Å²) >= 11 is 0. The molecular weight excluding hydrogens is 364 g/mol. The minimum atomic E-state index is -0.756. The van der Waals surface area contributed by atoms with Gasteiger partial charge < -0.3 is 11.1 Å². The fourth-order valence-electron chi connectivity index (χ4n) is 3.49. The molecule has 3 rings (SSSR count). The Labute approximate surface area is 162 Å². The lowest BCUT2D eigenvalue weighted by molar-refractivity contribution is -0.121. The molecule has 1 aliphatic heterocycles. The topological polar surface area (TPSA) is 75.4 Å². The summed E-state index contributed by atoms with van der Waals surface area (Å²) in [6, 6.07) is 8.87. The third-order valence-corrected chi connectivity index (χ3v) is 5.06. The van der Waals surface area contributed by atoms with Crippen LogP contribution in [0.3, 0.4) is 0 Å². The van der Waals surface area contributed by atoms with Crippen LogP contribution in [-0.2, 0) is 11.3 Å². The monoisotopic (exact) mass is 387 g/mol. The van der Waals surface area contributed by atoms with Crippen molar-refractivity contribution < 1.29 is 18.4 Å². The van der Waals surface area contributed by atoms with Crippen molar-refractivity contribution in [1.82, 2.24) is 4.90 Å². The van der Waals surface area contributed by atoms with Gasteiger partial charge in [0.15, 0.2) is 0 Å². The molecule has 148 valence electrons. The Morgan fingerprint density at radius 2 is 2.04 bits per heavy atom. The van der Waals surface area contributed by atoms with E-state index in [9.17, 15) is 18.4 Å². The Morgan fingerprint density at radius 1 is 1.25 bits per heavy atom. The van der Waals surface area contributed by atoms with Gasteiger partial charge in [0.25, 0.3) is 0 Å². The van der Waals surface area contributed by atoms with E-state index in [4.69, 9.17) is 5.73 Å². The molecule has 1 fully saturated rings. The lowest BCUT2D eigenvalue weighted by Gasteiger charge is -2.32. The van der Waals surface area contributed by atoms with Crippen molar-refractivity contribution in [2.75, 3.05) is 18.4 Å². The van der Waals surface area contributed by atoms with Crippen LogP contribution in [0.15, 0.2) is 36.4 Å². The molecule has 0 bridgehead atoms. The number of carbonyl (C=O) groups is 2. The molecule has 2 amide bonds. The van der Waals surface area contributed by atoms with Crippen molar-refractivity contribution in [2.24, 2.45) is 11.7 Å². The smallest absolute Gasteiger partial charge is 0.248 e. The number of hydrogen-bond acceptors (Lipinski definition) is 3. The molecule has 2 aromatic rings. The molecule has 0 aromatic heterocycles. The number of benzene rings is 2. The van der Waals surface area contributed by atoms with Crippen LogP contribution >= 0.6 is 0 Å². The zero-order valence-electron chi connectivity index (χ0n) is 15.7. The van der Waals surface area contributed by atoms with Gasteiger partial charge in [0.1, 0.15) is 11.6 Å². The first kappa shape index (κ1) is 19.9. The van der Waals surface area contributed by atoms with Gasteiger partial charge >= 0.3 is 0 Å². The molecule has 0 radical (unpaired) electrons. The molecule has 0 aliphatic carbocycles. The number of hydrogen-bond donors (Lipinski definition) is 2. The highest BCUT2D eigenvalue weighted by Crippen LogP contribution is 2.24. The van der Waals surface area contributed by atoms with Gasteiger partial charge in [-0.05, 0) is 56.1 Å². The van der Waals surface area contributed by atoms with Gasteiger partial charge in [-0.3, -0.25) is 14.5 Å². The van der Waals surface area contributed by atoms with Crippen molar-refractivity contribution in [1.29, 1.82) is 0 Å². The quantitative estimate of drug-likeness (QED) is 0.827. The number of nitrogens with zero attached hydrogens (tertiary/aromatic N) is 1. The van der Waals surface area contributed by atoms with Crippen LogP contribution in [0.1, 0.15) is 34.3 Å². The summed E-state index contributed by atoms with van der Waals surface area (Å²) in [5.41, 5.74) is 6.60.